The summed E-state index contributed by atoms with van der Waals surface area (Å²) in [5.41, 5.74) is 1.28. The minimum absolute atomic E-state index is 0.00314. The fourth-order valence-corrected chi connectivity index (χ4v) is 3.82. The van der Waals surface area contributed by atoms with Crippen LogP contribution in [0.25, 0.3) is 0 Å². The molecule has 1 aliphatic rings. The van der Waals surface area contributed by atoms with Gasteiger partial charge in [0.15, 0.2) is 0 Å². The number of aromatic nitrogens is 1. The van der Waals surface area contributed by atoms with E-state index in [-0.39, 0.29) is 17.4 Å². The van der Waals surface area contributed by atoms with E-state index in [1.54, 1.807) is 0 Å². The van der Waals surface area contributed by atoms with Crippen LogP contribution < -0.4 is 10.2 Å². The predicted molar refractivity (Wildman–Crippen MR) is 101 cm³/mol. The Morgan fingerprint density at radius 3 is 2.59 bits per heavy atom. The Morgan fingerprint density at radius 1 is 1.30 bits per heavy atom. The van der Waals surface area contributed by atoms with E-state index in [0.29, 0.717) is 17.3 Å². The lowest BCUT2D eigenvalue weighted by molar-refractivity contribution is -0.137. The maximum Gasteiger partial charge on any atom is 0.417 e. The highest BCUT2D eigenvalue weighted by Crippen LogP contribution is 2.34. The van der Waals surface area contributed by atoms with E-state index in [9.17, 15) is 13.2 Å². The van der Waals surface area contributed by atoms with Crippen LogP contribution in [0, 0.1) is 0 Å². The maximum absolute atomic E-state index is 12.7. The second-order valence-electron chi connectivity index (χ2n) is 6.35. The average molecular weight is 418 g/mol. The third kappa shape index (κ3) is 5.07. The summed E-state index contributed by atoms with van der Waals surface area (Å²) >= 11 is 7.23. The summed E-state index contributed by atoms with van der Waals surface area (Å²) in [7, 11) is 3.96. The van der Waals surface area contributed by atoms with Crippen LogP contribution in [0.2, 0.25) is 5.02 Å². The lowest BCUT2D eigenvalue weighted by Gasteiger charge is -2.16. The highest BCUT2D eigenvalue weighted by molar-refractivity contribution is 7.99. The number of nitrogens with zero attached hydrogens (tertiary/aromatic N) is 2. The zero-order chi connectivity index (χ0) is 19.6. The number of alkyl halides is 3. The van der Waals surface area contributed by atoms with Crippen molar-refractivity contribution in [3.8, 4) is 0 Å². The van der Waals surface area contributed by atoms with Crippen molar-refractivity contribution >= 4 is 29.1 Å². The molecule has 0 amide bonds. The van der Waals surface area contributed by atoms with Crippen LogP contribution in [0.15, 0.2) is 41.6 Å². The van der Waals surface area contributed by atoms with E-state index in [1.807, 2.05) is 43.3 Å². The molecule has 0 bridgehead atoms. The van der Waals surface area contributed by atoms with Gasteiger partial charge in [0.25, 0.3) is 0 Å². The van der Waals surface area contributed by atoms with Crippen LogP contribution in [-0.4, -0.2) is 37.5 Å². The number of rotatable bonds is 5. The van der Waals surface area contributed by atoms with Crippen molar-refractivity contribution in [3.05, 3.63) is 52.7 Å². The van der Waals surface area contributed by atoms with Crippen molar-refractivity contribution in [1.82, 2.24) is 10.3 Å². The van der Waals surface area contributed by atoms with Crippen molar-refractivity contribution in [1.29, 1.82) is 0 Å². The molecule has 1 aliphatic heterocycles. The number of hydrogen-bond acceptors (Lipinski definition) is 5. The van der Waals surface area contributed by atoms with E-state index in [1.165, 1.54) is 11.8 Å². The molecule has 2 atom stereocenters. The molecule has 27 heavy (non-hydrogen) atoms. The first-order valence-electron chi connectivity index (χ1n) is 8.25. The van der Waals surface area contributed by atoms with E-state index < -0.39 is 11.7 Å². The van der Waals surface area contributed by atoms with Gasteiger partial charge in [0.05, 0.1) is 16.7 Å². The van der Waals surface area contributed by atoms with Crippen LogP contribution in [0.1, 0.15) is 17.4 Å². The van der Waals surface area contributed by atoms with Gasteiger partial charge in [0, 0.05) is 38.3 Å². The van der Waals surface area contributed by atoms with Crippen LogP contribution in [-0.2, 0) is 10.9 Å². The molecule has 146 valence electrons. The predicted octanol–water partition coefficient (Wildman–Crippen LogP) is 4.60. The van der Waals surface area contributed by atoms with Gasteiger partial charge in [-0.15, -0.1) is 11.8 Å². The highest BCUT2D eigenvalue weighted by atomic mass is 35.5. The van der Waals surface area contributed by atoms with E-state index in [0.717, 1.165) is 23.5 Å². The number of halogens is 4. The Hall–Kier alpha value is -1.48. The number of nitrogens with one attached hydrogen (secondary N) is 1. The van der Waals surface area contributed by atoms with E-state index in [2.05, 4.69) is 10.3 Å². The molecule has 4 nitrogen and oxygen atoms in total. The number of hydrogen-bond donors (Lipinski definition) is 1. The molecule has 0 saturated carbocycles. The molecule has 1 aromatic heterocycles. The monoisotopic (exact) mass is 417 g/mol. The summed E-state index contributed by atoms with van der Waals surface area (Å²) in [5.74, 6) is 0.539. The average Bonchev–Trinajstić information content (AvgIpc) is 3.09. The zero-order valence-electron chi connectivity index (χ0n) is 14.8. The topological polar surface area (TPSA) is 37.4 Å². The molecule has 1 fully saturated rings. The molecule has 1 N–H and O–H groups in total. The number of anilines is 1. The molecule has 0 unspecified atom stereocenters. The van der Waals surface area contributed by atoms with Crippen molar-refractivity contribution in [3.63, 3.8) is 0 Å². The lowest BCUT2D eigenvalue weighted by atomic mass is 10.2. The molecule has 0 aliphatic carbocycles. The number of benzene rings is 1. The zero-order valence-corrected chi connectivity index (χ0v) is 16.3. The lowest BCUT2D eigenvalue weighted by Crippen LogP contribution is -2.17. The Bertz CT molecular complexity index is 786. The van der Waals surface area contributed by atoms with Crippen molar-refractivity contribution < 1.29 is 17.9 Å². The Labute approximate surface area is 165 Å². The number of thioether (sulfide) groups is 1. The van der Waals surface area contributed by atoms with Crippen LogP contribution in [0.3, 0.4) is 0 Å². The van der Waals surface area contributed by atoms with Gasteiger partial charge >= 0.3 is 6.18 Å². The van der Waals surface area contributed by atoms with Gasteiger partial charge in [-0.25, -0.2) is 4.98 Å². The quantitative estimate of drug-likeness (QED) is 0.720. The number of pyridine rings is 1. The van der Waals surface area contributed by atoms with Gasteiger partial charge in [-0.1, -0.05) is 23.7 Å². The molecule has 2 aromatic rings. The molecular weight excluding hydrogens is 399 g/mol. The van der Waals surface area contributed by atoms with Gasteiger partial charge in [-0.2, -0.15) is 13.2 Å². The van der Waals surface area contributed by atoms with Crippen molar-refractivity contribution in [2.45, 2.75) is 23.5 Å². The van der Waals surface area contributed by atoms with Gasteiger partial charge < -0.3 is 9.64 Å². The standard InChI is InChI=1S/C18H19ClF3N3OS/c1-25(2)13-5-3-11(4-6-13)16-23-9-14(26-16)10-27-17-15(19)7-12(8-24-17)18(20,21)22/h3-8,14,16,23H,9-10H2,1-2H3/t14-,16-/m1/s1. The van der Waals surface area contributed by atoms with E-state index in [4.69, 9.17) is 16.3 Å². The first kappa shape index (κ1) is 20.3. The molecule has 1 aromatic carbocycles. The summed E-state index contributed by atoms with van der Waals surface area (Å²) in [6.07, 6.45) is -3.94. The summed E-state index contributed by atoms with van der Waals surface area (Å²) in [6.45, 7) is 0.644. The first-order valence-corrected chi connectivity index (χ1v) is 9.62. The largest absolute Gasteiger partial charge is 0.417 e. The molecule has 9 heteroatoms. The molecule has 2 heterocycles. The Morgan fingerprint density at radius 2 is 2.00 bits per heavy atom. The Balaban J connectivity index is 1.56. The molecule has 0 spiro atoms. The summed E-state index contributed by atoms with van der Waals surface area (Å²) in [4.78, 5) is 5.86. The third-order valence-electron chi connectivity index (χ3n) is 4.11. The van der Waals surface area contributed by atoms with Crippen molar-refractivity contribution in [2.24, 2.45) is 0 Å². The maximum atomic E-state index is 12.7. The number of ether oxygens (including phenoxy) is 1. The molecular formula is C18H19ClF3N3OS. The van der Waals surface area contributed by atoms with Crippen LogP contribution in [0.4, 0.5) is 18.9 Å². The molecule has 3 rings (SSSR count). The van der Waals surface area contributed by atoms with Gasteiger partial charge in [-0.3, -0.25) is 5.32 Å². The highest BCUT2D eigenvalue weighted by Gasteiger charge is 2.32. The second-order valence-corrected chi connectivity index (χ2v) is 7.77. The van der Waals surface area contributed by atoms with Gasteiger partial charge in [0.2, 0.25) is 0 Å². The Kier molecular flexibility index (Phi) is 6.20. The first-order chi connectivity index (χ1) is 12.7. The molecule has 1 saturated heterocycles. The third-order valence-corrected chi connectivity index (χ3v) is 5.65. The fraction of sp³-hybridized carbons (Fsp3) is 0.389. The molecule has 0 radical (unpaired) electrons. The smallest absolute Gasteiger partial charge is 0.378 e. The van der Waals surface area contributed by atoms with Gasteiger partial charge in [-0.05, 0) is 23.8 Å². The second kappa shape index (κ2) is 8.26. The summed E-state index contributed by atoms with van der Waals surface area (Å²) in [6, 6.07) is 8.97. The van der Waals surface area contributed by atoms with Gasteiger partial charge in [0.1, 0.15) is 11.3 Å². The van der Waals surface area contributed by atoms with Crippen LogP contribution in [0.5, 0.6) is 0 Å². The van der Waals surface area contributed by atoms with E-state index >= 15 is 0 Å². The summed E-state index contributed by atoms with van der Waals surface area (Å²) in [5, 5.41) is 3.66. The SMILES string of the molecule is CN(C)c1ccc([C@@H]2NC[C@H](CSc3ncc(C(F)(F)F)cc3Cl)O2)cc1. The minimum atomic E-state index is -4.45. The normalized spacial score (nSPS) is 20.1. The summed E-state index contributed by atoms with van der Waals surface area (Å²) < 4.78 is 44.0. The fourth-order valence-electron chi connectivity index (χ4n) is 2.63. The minimum Gasteiger partial charge on any atom is -0.378 e. The van der Waals surface area contributed by atoms with Crippen LogP contribution >= 0.6 is 23.4 Å². The van der Waals surface area contributed by atoms with Crippen molar-refractivity contribution in [2.75, 3.05) is 31.3 Å².